The minimum Gasteiger partial charge on any atom is -0.368 e. The Balaban J connectivity index is 2.21. The summed E-state index contributed by atoms with van der Waals surface area (Å²) in [5, 5.41) is 7.15. The molecule has 2 aromatic rings. The molecule has 0 bridgehead atoms. The summed E-state index contributed by atoms with van der Waals surface area (Å²) in [7, 11) is 4.02. The Morgan fingerprint density at radius 1 is 1.42 bits per heavy atom. The second-order valence-electron chi connectivity index (χ2n) is 4.52. The molecule has 0 aliphatic heterocycles. The van der Waals surface area contributed by atoms with Gasteiger partial charge in [-0.05, 0) is 31.7 Å². The van der Waals surface area contributed by atoms with Crippen molar-refractivity contribution in [1.82, 2.24) is 10.3 Å². The van der Waals surface area contributed by atoms with Crippen molar-refractivity contribution >= 4 is 28.6 Å². The van der Waals surface area contributed by atoms with Gasteiger partial charge < -0.3 is 10.2 Å². The third-order valence-corrected chi connectivity index (χ3v) is 3.95. The highest BCUT2D eigenvalue weighted by Gasteiger charge is 2.10. The first kappa shape index (κ1) is 14.3. The summed E-state index contributed by atoms with van der Waals surface area (Å²) >= 11 is 7.79. The SMILES string of the molecule is CNCc1ccc(Cl)cc1N(C)Cc1csc(C)n1. The minimum atomic E-state index is 0.760. The summed E-state index contributed by atoms with van der Waals surface area (Å²) in [4.78, 5) is 6.69. The molecular weight excluding hydrogens is 278 g/mol. The predicted molar refractivity (Wildman–Crippen MR) is 83.2 cm³/mol. The van der Waals surface area contributed by atoms with Crippen LogP contribution in [0.4, 0.5) is 5.69 Å². The predicted octanol–water partition coefficient (Wildman–Crippen LogP) is 3.46. The number of thiazole rings is 1. The third-order valence-electron chi connectivity index (χ3n) is 2.89. The molecular formula is C14H18ClN3S. The Bertz CT molecular complexity index is 553. The first-order chi connectivity index (χ1) is 9.10. The standard InChI is InChI=1S/C14H18ClN3S/c1-10-17-13(9-19-10)8-18(3)14-6-12(15)5-4-11(14)7-16-2/h4-6,9,16H,7-8H2,1-3H3. The zero-order valence-electron chi connectivity index (χ0n) is 11.4. The second-order valence-corrected chi connectivity index (χ2v) is 6.02. The van der Waals surface area contributed by atoms with E-state index < -0.39 is 0 Å². The molecule has 0 saturated carbocycles. The maximum atomic E-state index is 6.11. The third kappa shape index (κ3) is 3.69. The number of hydrogen-bond donors (Lipinski definition) is 1. The molecule has 0 fully saturated rings. The normalized spacial score (nSPS) is 10.7. The van der Waals surface area contributed by atoms with Crippen molar-refractivity contribution in [2.75, 3.05) is 19.0 Å². The van der Waals surface area contributed by atoms with Crippen LogP contribution >= 0.6 is 22.9 Å². The van der Waals surface area contributed by atoms with Gasteiger partial charge in [0.2, 0.25) is 0 Å². The van der Waals surface area contributed by atoms with Crippen molar-refractivity contribution < 1.29 is 0 Å². The molecule has 1 heterocycles. The average molecular weight is 296 g/mol. The van der Waals surface area contributed by atoms with E-state index in [1.54, 1.807) is 11.3 Å². The summed E-state index contributed by atoms with van der Waals surface area (Å²) < 4.78 is 0. The lowest BCUT2D eigenvalue weighted by Crippen LogP contribution is -2.19. The van der Waals surface area contributed by atoms with Crippen LogP contribution in [0.5, 0.6) is 0 Å². The maximum Gasteiger partial charge on any atom is 0.0898 e. The highest BCUT2D eigenvalue weighted by atomic mass is 35.5. The van der Waals surface area contributed by atoms with E-state index >= 15 is 0 Å². The fourth-order valence-electron chi connectivity index (χ4n) is 2.04. The molecule has 0 amide bonds. The van der Waals surface area contributed by atoms with Gasteiger partial charge >= 0.3 is 0 Å². The Kier molecular flexibility index (Phi) is 4.80. The highest BCUT2D eigenvalue weighted by molar-refractivity contribution is 7.09. The molecule has 0 aliphatic carbocycles. The van der Waals surface area contributed by atoms with Gasteiger partial charge in [0.25, 0.3) is 0 Å². The molecule has 0 aliphatic rings. The topological polar surface area (TPSA) is 28.2 Å². The molecule has 0 unspecified atom stereocenters. The van der Waals surface area contributed by atoms with E-state index in [9.17, 15) is 0 Å². The number of nitrogens with zero attached hydrogens (tertiary/aromatic N) is 2. The number of halogens is 1. The Labute approximate surface area is 123 Å². The lowest BCUT2D eigenvalue weighted by atomic mass is 10.1. The Hall–Kier alpha value is -1.10. The summed E-state index contributed by atoms with van der Waals surface area (Å²) in [5.74, 6) is 0. The van der Waals surface area contributed by atoms with Crippen LogP contribution in [0.15, 0.2) is 23.6 Å². The van der Waals surface area contributed by atoms with Crippen molar-refractivity contribution in [2.45, 2.75) is 20.0 Å². The Morgan fingerprint density at radius 2 is 2.21 bits per heavy atom. The van der Waals surface area contributed by atoms with Crippen LogP contribution in [-0.4, -0.2) is 19.1 Å². The second kappa shape index (κ2) is 6.37. The number of hydrogen-bond acceptors (Lipinski definition) is 4. The average Bonchev–Trinajstić information content (AvgIpc) is 2.77. The number of nitrogens with one attached hydrogen (secondary N) is 1. The number of aryl methyl sites for hydroxylation is 1. The van der Waals surface area contributed by atoms with E-state index in [1.807, 2.05) is 26.1 Å². The van der Waals surface area contributed by atoms with Gasteiger partial charge in [0, 0.05) is 29.7 Å². The summed E-state index contributed by atoms with van der Waals surface area (Å²) in [6, 6.07) is 6.00. The molecule has 0 radical (unpaired) electrons. The molecule has 1 N–H and O–H groups in total. The molecule has 1 aromatic heterocycles. The molecule has 2 rings (SSSR count). The van der Waals surface area contributed by atoms with E-state index in [2.05, 4.69) is 33.7 Å². The number of anilines is 1. The molecule has 0 atom stereocenters. The number of rotatable bonds is 5. The van der Waals surface area contributed by atoms with Crippen LogP contribution in [0.1, 0.15) is 16.3 Å². The fraction of sp³-hybridized carbons (Fsp3) is 0.357. The molecule has 3 nitrogen and oxygen atoms in total. The molecule has 5 heteroatoms. The van der Waals surface area contributed by atoms with Gasteiger partial charge in [0.15, 0.2) is 0 Å². The van der Waals surface area contributed by atoms with Crippen LogP contribution in [-0.2, 0) is 13.1 Å². The zero-order valence-corrected chi connectivity index (χ0v) is 13.0. The van der Waals surface area contributed by atoms with Gasteiger partial charge in [-0.2, -0.15) is 0 Å². The van der Waals surface area contributed by atoms with Gasteiger partial charge in [-0.15, -0.1) is 11.3 Å². The van der Waals surface area contributed by atoms with Crippen LogP contribution in [0.25, 0.3) is 0 Å². The van der Waals surface area contributed by atoms with Crippen molar-refractivity contribution in [3.8, 4) is 0 Å². The smallest absolute Gasteiger partial charge is 0.0898 e. The molecule has 1 aromatic carbocycles. The van der Waals surface area contributed by atoms with Crippen LogP contribution in [0.2, 0.25) is 5.02 Å². The Morgan fingerprint density at radius 3 is 2.84 bits per heavy atom. The minimum absolute atomic E-state index is 0.760. The van der Waals surface area contributed by atoms with E-state index in [1.165, 1.54) is 5.56 Å². The van der Waals surface area contributed by atoms with Crippen LogP contribution in [0.3, 0.4) is 0 Å². The first-order valence-electron chi connectivity index (χ1n) is 6.15. The molecule has 0 saturated heterocycles. The van der Waals surface area contributed by atoms with Crippen molar-refractivity contribution in [2.24, 2.45) is 0 Å². The van der Waals surface area contributed by atoms with Crippen LogP contribution < -0.4 is 10.2 Å². The van der Waals surface area contributed by atoms with Gasteiger partial charge in [-0.25, -0.2) is 4.98 Å². The lowest BCUT2D eigenvalue weighted by molar-refractivity contribution is 0.802. The molecule has 102 valence electrons. The zero-order chi connectivity index (χ0) is 13.8. The van der Waals surface area contributed by atoms with Gasteiger partial charge in [-0.3, -0.25) is 0 Å². The van der Waals surface area contributed by atoms with E-state index in [4.69, 9.17) is 11.6 Å². The van der Waals surface area contributed by atoms with E-state index in [0.29, 0.717) is 0 Å². The van der Waals surface area contributed by atoms with Gasteiger partial charge in [0.1, 0.15) is 0 Å². The summed E-state index contributed by atoms with van der Waals surface area (Å²) in [6.07, 6.45) is 0. The largest absolute Gasteiger partial charge is 0.368 e. The lowest BCUT2D eigenvalue weighted by Gasteiger charge is -2.22. The summed E-state index contributed by atoms with van der Waals surface area (Å²) in [5.41, 5.74) is 3.48. The number of benzene rings is 1. The van der Waals surface area contributed by atoms with Crippen LogP contribution in [0, 0.1) is 6.92 Å². The molecule has 19 heavy (non-hydrogen) atoms. The summed E-state index contributed by atoms with van der Waals surface area (Å²) in [6.45, 7) is 3.65. The van der Waals surface area contributed by atoms with Crippen molar-refractivity contribution in [3.63, 3.8) is 0 Å². The van der Waals surface area contributed by atoms with E-state index in [-0.39, 0.29) is 0 Å². The molecule has 0 spiro atoms. The first-order valence-corrected chi connectivity index (χ1v) is 7.41. The monoisotopic (exact) mass is 295 g/mol. The quantitative estimate of drug-likeness (QED) is 0.915. The van der Waals surface area contributed by atoms with Gasteiger partial charge in [-0.1, -0.05) is 17.7 Å². The van der Waals surface area contributed by atoms with Gasteiger partial charge in [0.05, 0.1) is 17.2 Å². The van der Waals surface area contributed by atoms with Crippen molar-refractivity contribution in [3.05, 3.63) is 44.9 Å². The van der Waals surface area contributed by atoms with Crippen molar-refractivity contribution in [1.29, 1.82) is 0 Å². The highest BCUT2D eigenvalue weighted by Crippen LogP contribution is 2.25. The van der Waals surface area contributed by atoms with E-state index in [0.717, 1.165) is 34.5 Å². The maximum absolute atomic E-state index is 6.11. The fourth-order valence-corrected chi connectivity index (χ4v) is 2.81. The number of aromatic nitrogens is 1.